The van der Waals surface area contributed by atoms with Gasteiger partial charge in [0.05, 0.1) is 0 Å². The predicted molar refractivity (Wildman–Crippen MR) is 86.6 cm³/mol. The second-order valence-electron chi connectivity index (χ2n) is 4.82. The summed E-state index contributed by atoms with van der Waals surface area (Å²) in [7, 11) is 0. The number of carbonyl (C=O) groups is 2. The minimum absolute atomic E-state index is 0.222. The molecule has 0 amide bonds. The van der Waals surface area contributed by atoms with Crippen LogP contribution in [0.25, 0.3) is 6.08 Å². The molecule has 1 aromatic carbocycles. The van der Waals surface area contributed by atoms with Crippen LogP contribution in [0.5, 0.6) is 0 Å². The summed E-state index contributed by atoms with van der Waals surface area (Å²) in [5.41, 5.74) is 2.52. The predicted octanol–water partition coefficient (Wildman–Crippen LogP) is 4.10. The molecule has 22 heavy (non-hydrogen) atoms. The Kier molecular flexibility index (Phi) is 5.33. The monoisotopic (exact) mass is 362 g/mol. The maximum atomic E-state index is 12.0. The van der Waals surface area contributed by atoms with Crippen LogP contribution in [-0.4, -0.2) is 18.4 Å². The summed E-state index contributed by atoms with van der Waals surface area (Å²) in [5, 5.41) is 0. The minimum atomic E-state index is -0.592. The van der Waals surface area contributed by atoms with Crippen molar-refractivity contribution in [3.05, 3.63) is 63.5 Å². The number of benzene rings is 1. The molecule has 0 saturated carbocycles. The van der Waals surface area contributed by atoms with Gasteiger partial charge in [-0.15, -0.1) is 0 Å². The number of ether oxygens (including phenoxy) is 1. The van der Waals surface area contributed by atoms with E-state index in [0.29, 0.717) is 16.0 Å². The van der Waals surface area contributed by atoms with E-state index in [-0.39, 0.29) is 12.4 Å². The van der Waals surface area contributed by atoms with E-state index in [1.54, 1.807) is 18.2 Å². The highest BCUT2D eigenvalue weighted by Gasteiger charge is 2.11. The van der Waals surface area contributed by atoms with Crippen molar-refractivity contribution >= 4 is 33.8 Å². The molecule has 0 saturated heterocycles. The SMILES string of the molecule is Cc1ccc(C(=O)COC(=O)/C=C/c2ccc(Br)o2)c(C)c1. The number of rotatable bonds is 5. The summed E-state index contributed by atoms with van der Waals surface area (Å²) in [6.45, 7) is 3.53. The van der Waals surface area contributed by atoms with Gasteiger partial charge in [0.25, 0.3) is 0 Å². The summed E-state index contributed by atoms with van der Waals surface area (Å²) in [6.07, 6.45) is 2.70. The Hall–Kier alpha value is -2.14. The molecule has 0 N–H and O–H groups in total. The Balaban J connectivity index is 1.90. The molecule has 0 spiro atoms. The van der Waals surface area contributed by atoms with Crippen molar-refractivity contribution in [2.45, 2.75) is 13.8 Å². The first-order valence-corrected chi connectivity index (χ1v) is 7.45. The molecular weight excluding hydrogens is 348 g/mol. The largest absolute Gasteiger partial charge is 0.454 e. The van der Waals surface area contributed by atoms with Gasteiger partial charge in [-0.05, 0) is 53.5 Å². The highest BCUT2D eigenvalue weighted by atomic mass is 79.9. The molecule has 114 valence electrons. The second-order valence-corrected chi connectivity index (χ2v) is 5.61. The molecule has 0 bridgehead atoms. The first-order valence-electron chi connectivity index (χ1n) is 6.66. The van der Waals surface area contributed by atoms with Crippen LogP contribution in [0.3, 0.4) is 0 Å². The highest BCUT2D eigenvalue weighted by molar-refractivity contribution is 9.10. The van der Waals surface area contributed by atoms with Crippen LogP contribution in [-0.2, 0) is 9.53 Å². The molecule has 0 aliphatic carbocycles. The van der Waals surface area contributed by atoms with Crippen LogP contribution >= 0.6 is 15.9 Å². The van der Waals surface area contributed by atoms with Gasteiger partial charge in [-0.2, -0.15) is 0 Å². The Morgan fingerprint density at radius 2 is 2.00 bits per heavy atom. The lowest BCUT2D eigenvalue weighted by Crippen LogP contribution is -2.13. The molecule has 5 heteroatoms. The number of furan rings is 1. The van der Waals surface area contributed by atoms with Gasteiger partial charge in [0.1, 0.15) is 5.76 Å². The lowest BCUT2D eigenvalue weighted by atomic mass is 10.0. The van der Waals surface area contributed by atoms with Gasteiger partial charge in [-0.3, -0.25) is 4.79 Å². The quantitative estimate of drug-likeness (QED) is 0.456. The van der Waals surface area contributed by atoms with Crippen LogP contribution in [0.15, 0.2) is 45.5 Å². The van der Waals surface area contributed by atoms with Gasteiger partial charge in [0.15, 0.2) is 11.3 Å². The number of esters is 1. The third kappa shape index (κ3) is 4.43. The van der Waals surface area contributed by atoms with Gasteiger partial charge in [-0.25, -0.2) is 4.79 Å². The molecule has 0 atom stereocenters. The van der Waals surface area contributed by atoms with Gasteiger partial charge in [0, 0.05) is 11.6 Å². The van der Waals surface area contributed by atoms with E-state index in [2.05, 4.69) is 15.9 Å². The summed E-state index contributed by atoms with van der Waals surface area (Å²) in [5.74, 6) is -0.296. The lowest BCUT2D eigenvalue weighted by molar-refractivity contribution is -0.136. The van der Waals surface area contributed by atoms with Crippen molar-refractivity contribution in [3.63, 3.8) is 0 Å². The standard InChI is InChI=1S/C17H15BrO4/c1-11-3-6-14(12(2)9-11)15(19)10-21-17(20)8-5-13-4-7-16(18)22-13/h3-9H,10H2,1-2H3/b8-5+. The molecule has 0 unspecified atom stereocenters. The van der Waals surface area contributed by atoms with Crippen LogP contribution < -0.4 is 0 Å². The van der Waals surface area contributed by atoms with Gasteiger partial charge in [0.2, 0.25) is 5.78 Å². The van der Waals surface area contributed by atoms with Crippen molar-refractivity contribution in [1.82, 2.24) is 0 Å². The molecule has 4 nitrogen and oxygen atoms in total. The number of halogens is 1. The Morgan fingerprint density at radius 3 is 2.64 bits per heavy atom. The zero-order valence-electron chi connectivity index (χ0n) is 12.3. The summed E-state index contributed by atoms with van der Waals surface area (Å²) in [4.78, 5) is 23.6. The van der Waals surface area contributed by atoms with Gasteiger partial charge < -0.3 is 9.15 Å². The zero-order chi connectivity index (χ0) is 16.1. The number of hydrogen-bond donors (Lipinski definition) is 0. The molecule has 1 aromatic heterocycles. The number of aryl methyl sites for hydroxylation is 2. The third-order valence-electron chi connectivity index (χ3n) is 3.01. The fraction of sp³-hybridized carbons (Fsp3) is 0.176. The van der Waals surface area contributed by atoms with Crippen LogP contribution in [0.2, 0.25) is 0 Å². The molecule has 1 heterocycles. The van der Waals surface area contributed by atoms with Crippen LogP contribution in [0.1, 0.15) is 27.2 Å². The molecule has 2 rings (SSSR count). The number of Topliss-reactive ketones (excluding diaryl/α,β-unsaturated/α-hetero) is 1. The summed E-state index contributed by atoms with van der Waals surface area (Å²) < 4.78 is 10.7. The first kappa shape index (κ1) is 16.2. The van der Waals surface area contributed by atoms with E-state index in [1.807, 2.05) is 26.0 Å². The number of hydrogen-bond acceptors (Lipinski definition) is 4. The Labute approximate surface area is 136 Å². The maximum absolute atomic E-state index is 12.0. The van der Waals surface area contributed by atoms with Crippen molar-refractivity contribution < 1.29 is 18.7 Å². The zero-order valence-corrected chi connectivity index (χ0v) is 13.8. The van der Waals surface area contributed by atoms with E-state index < -0.39 is 5.97 Å². The van der Waals surface area contributed by atoms with E-state index in [0.717, 1.165) is 11.1 Å². The number of ketones is 1. The fourth-order valence-electron chi connectivity index (χ4n) is 1.96. The molecular formula is C17H15BrO4. The smallest absolute Gasteiger partial charge is 0.331 e. The average molecular weight is 363 g/mol. The van der Waals surface area contributed by atoms with Crippen molar-refractivity contribution in [2.75, 3.05) is 6.61 Å². The maximum Gasteiger partial charge on any atom is 0.331 e. The van der Waals surface area contributed by atoms with E-state index >= 15 is 0 Å². The van der Waals surface area contributed by atoms with Crippen LogP contribution in [0.4, 0.5) is 0 Å². The normalized spacial score (nSPS) is 10.9. The van der Waals surface area contributed by atoms with E-state index in [1.165, 1.54) is 12.2 Å². The molecule has 0 aliphatic heterocycles. The van der Waals surface area contributed by atoms with Crippen LogP contribution in [0, 0.1) is 13.8 Å². The second kappa shape index (κ2) is 7.22. The average Bonchev–Trinajstić information content (AvgIpc) is 2.88. The molecule has 0 fully saturated rings. The Bertz CT molecular complexity index is 728. The summed E-state index contributed by atoms with van der Waals surface area (Å²) >= 11 is 3.17. The molecule has 0 radical (unpaired) electrons. The van der Waals surface area contributed by atoms with Crippen molar-refractivity contribution in [3.8, 4) is 0 Å². The first-order chi connectivity index (χ1) is 10.5. The van der Waals surface area contributed by atoms with Crippen molar-refractivity contribution in [1.29, 1.82) is 0 Å². The highest BCUT2D eigenvalue weighted by Crippen LogP contribution is 2.15. The molecule has 2 aromatic rings. The molecule has 0 aliphatic rings. The Morgan fingerprint density at radius 1 is 1.23 bits per heavy atom. The van der Waals surface area contributed by atoms with Crippen molar-refractivity contribution in [2.24, 2.45) is 0 Å². The van der Waals surface area contributed by atoms with E-state index in [4.69, 9.17) is 9.15 Å². The third-order valence-corrected chi connectivity index (χ3v) is 3.43. The lowest BCUT2D eigenvalue weighted by Gasteiger charge is -2.06. The number of carbonyl (C=O) groups excluding carboxylic acids is 2. The van der Waals surface area contributed by atoms with Gasteiger partial charge in [-0.1, -0.05) is 23.8 Å². The fourth-order valence-corrected chi connectivity index (χ4v) is 2.28. The topological polar surface area (TPSA) is 56.5 Å². The van der Waals surface area contributed by atoms with Gasteiger partial charge >= 0.3 is 5.97 Å². The van der Waals surface area contributed by atoms with E-state index in [9.17, 15) is 9.59 Å². The minimum Gasteiger partial charge on any atom is -0.454 e. The summed E-state index contributed by atoms with van der Waals surface area (Å²) in [6, 6.07) is 8.95.